The van der Waals surface area contributed by atoms with Gasteiger partial charge in [0, 0.05) is 18.0 Å². The number of hydrogen-bond acceptors (Lipinski definition) is 4. The van der Waals surface area contributed by atoms with Crippen molar-refractivity contribution in [1.29, 1.82) is 0 Å². The second-order valence-electron chi connectivity index (χ2n) is 4.47. The molecule has 0 saturated carbocycles. The lowest BCUT2D eigenvalue weighted by Crippen LogP contribution is -2.53. The third-order valence-electron chi connectivity index (χ3n) is 3.05. The normalized spacial score (nSPS) is 16.9. The molecule has 2 rings (SSSR count). The van der Waals surface area contributed by atoms with Gasteiger partial charge in [0.05, 0.1) is 17.9 Å². The molecule has 7 heteroatoms. The summed E-state index contributed by atoms with van der Waals surface area (Å²) in [7, 11) is -3.17. The van der Waals surface area contributed by atoms with Crippen LogP contribution in [0.1, 0.15) is 0 Å². The quantitative estimate of drug-likeness (QED) is 0.850. The second-order valence-corrected chi connectivity index (χ2v) is 7.30. The van der Waals surface area contributed by atoms with Gasteiger partial charge in [0.15, 0.2) is 0 Å². The Bertz CT molecular complexity index is 580. The van der Waals surface area contributed by atoms with Crippen molar-refractivity contribution in [3.8, 4) is 0 Å². The van der Waals surface area contributed by atoms with E-state index in [-0.39, 0.29) is 24.9 Å². The van der Waals surface area contributed by atoms with Crippen molar-refractivity contribution in [2.45, 2.75) is 4.90 Å². The first kappa shape index (κ1) is 14.4. The number of benzene rings is 1. The van der Waals surface area contributed by atoms with Crippen molar-refractivity contribution < 1.29 is 13.2 Å². The molecule has 1 N–H and O–H groups in total. The number of carbonyl (C=O) groups is 1. The molecule has 1 aromatic rings. The van der Waals surface area contributed by atoms with Gasteiger partial charge >= 0.3 is 0 Å². The van der Waals surface area contributed by atoms with Gasteiger partial charge in [-0.15, -0.1) is 11.8 Å². The fraction of sp³-hybridized carbons (Fsp3) is 0.417. The third kappa shape index (κ3) is 3.29. The van der Waals surface area contributed by atoms with Gasteiger partial charge in [-0.2, -0.15) is 0 Å². The first-order valence-electron chi connectivity index (χ1n) is 5.81. The molecule has 104 valence electrons. The summed E-state index contributed by atoms with van der Waals surface area (Å²) in [6.45, 7) is 0.540. The van der Waals surface area contributed by atoms with E-state index >= 15 is 0 Å². The Morgan fingerprint density at radius 1 is 1.37 bits per heavy atom. The average Bonchev–Trinajstić information content (AvgIpc) is 2.25. The van der Waals surface area contributed by atoms with Crippen LogP contribution in [0, 0.1) is 5.92 Å². The summed E-state index contributed by atoms with van der Waals surface area (Å²) in [4.78, 5) is 13.0. The number of hydrogen-bond donors (Lipinski definition) is 1. The van der Waals surface area contributed by atoms with Crippen molar-refractivity contribution in [3.05, 3.63) is 24.3 Å². The topological polar surface area (TPSA) is 66.5 Å². The fourth-order valence-corrected chi connectivity index (χ4v) is 3.31. The molecule has 1 fully saturated rings. The van der Waals surface area contributed by atoms with Crippen LogP contribution in [0.5, 0.6) is 0 Å². The smallest absolute Gasteiger partial charge is 0.230 e. The number of nitrogens with zero attached hydrogens (tertiary/aromatic N) is 1. The first-order chi connectivity index (χ1) is 8.91. The molecule has 1 saturated heterocycles. The van der Waals surface area contributed by atoms with E-state index in [4.69, 9.17) is 0 Å². The lowest BCUT2D eigenvalue weighted by Gasteiger charge is -2.36. The van der Waals surface area contributed by atoms with Crippen molar-refractivity contribution in [3.63, 3.8) is 0 Å². The van der Waals surface area contributed by atoms with E-state index in [1.807, 2.05) is 30.5 Å². The molecule has 0 radical (unpaired) electrons. The lowest BCUT2D eigenvalue weighted by atomic mass is 10.0. The largest absolute Gasteiger partial charge is 0.325 e. The summed E-state index contributed by atoms with van der Waals surface area (Å²) in [6, 6.07) is 7.55. The van der Waals surface area contributed by atoms with Crippen LogP contribution in [0.3, 0.4) is 0 Å². The van der Waals surface area contributed by atoms with E-state index in [0.29, 0.717) is 0 Å². The van der Waals surface area contributed by atoms with Crippen molar-refractivity contribution in [2.75, 3.05) is 30.9 Å². The summed E-state index contributed by atoms with van der Waals surface area (Å²) < 4.78 is 23.8. The summed E-state index contributed by atoms with van der Waals surface area (Å²) in [5.74, 6) is -0.383. The van der Waals surface area contributed by atoms with Gasteiger partial charge in [0.25, 0.3) is 0 Å². The third-order valence-corrected chi connectivity index (χ3v) is 5.08. The van der Waals surface area contributed by atoms with E-state index in [1.165, 1.54) is 4.31 Å². The number of para-hydroxylation sites is 1. The number of rotatable bonds is 4. The summed E-state index contributed by atoms with van der Waals surface area (Å²) in [6.07, 6.45) is 3.10. The monoisotopic (exact) mass is 300 g/mol. The molecule has 0 atom stereocenters. The highest BCUT2D eigenvalue weighted by molar-refractivity contribution is 7.98. The van der Waals surface area contributed by atoms with Crippen molar-refractivity contribution >= 4 is 33.4 Å². The molecule has 1 heterocycles. The molecule has 1 amide bonds. The molecule has 1 aliphatic rings. The average molecular weight is 300 g/mol. The van der Waals surface area contributed by atoms with Crippen LogP contribution in [0.2, 0.25) is 0 Å². The van der Waals surface area contributed by atoms with Gasteiger partial charge < -0.3 is 5.32 Å². The van der Waals surface area contributed by atoms with Crippen LogP contribution in [0.4, 0.5) is 5.69 Å². The number of amides is 1. The predicted molar refractivity (Wildman–Crippen MR) is 76.8 cm³/mol. The van der Waals surface area contributed by atoms with Crippen LogP contribution < -0.4 is 5.32 Å². The minimum absolute atomic E-state index is 0.124. The Morgan fingerprint density at radius 2 is 2.00 bits per heavy atom. The van der Waals surface area contributed by atoms with Gasteiger partial charge in [-0.25, -0.2) is 12.7 Å². The molecule has 0 spiro atoms. The predicted octanol–water partition coefficient (Wildman–Crippen LogP) is 1.24. The second kappa shape index (κ2) is 5.52. The van der Waals surface area contributed by atoms with Gasteiger partial charge in [0.2, 0.25) is 15.9 Å². The molecule has 0 aliphatic carbocycles. The van der Waals surface area contributed by atoms with E-state index in [9.17, 15) is 13.2 Å². The molecule has 0 bridgehead atoms. The number of sulfonamides is 1. The van der Waals surface area contributed by atoms with Gasteiger partial charge in [-0.1, -0.05) is 12.1 Å². The highest BCUT2D eigenvalue weighted by Crippen LogP contribution is 2.26. The lowest BCUT2D eigenvalue weighted by molar-refractivity contribution is -0.122. The van der Waals surface area contributed by atoms with Gasteiger partial charge in [-0.3, -0.25) is 4.79 Å². The zero-order valence-corrected chi connectivity index (χ0v) is 12.4. The zero-order valence-electron chi connectivity index (χ0n) is 10.8. The van der Waals surface area contributed by atoms with E-state index in [1.54, 1.807) is 11.8 Å². The van der Waals surface area contributed by atoms with Gasteiger partial charge in [0.1, 0.15) is 0 Å². The van der Waals surface area contributed by atoms with Crippen molar-refractivity contribution in [1.82, 2.24) is 4.31 Å². The van der Waals surface area contributed by atoms with Gasteiger partial charge in [-0.05, 0) is 18.4 Å². The zero-order chi connectivity index (χ0) is 14.0. The number of carbonyl (C=O) groups excluding carboxylic acids is 1. The molecule has 5 nitrogen and oxygen atoms in total. The van der Waals surface area contributed by atoms with Crippen LogP contribution >= 0.6 is 11.8 Å². The minimum Gasteiger partial charge on any atom is -0.325 e. The molecular weight excluding hydrogens is 284 g/mol. The minimum atomic E-state index is -3.17. The Morgan fingerprint density at radius 3 is 2.58 bits per heavy atom. The molecule has 0 aromatic heterocycles. The van der Waals surface area contributed by atoms with Crippen LogP contribution in [-0.4, -0.2) is 44.2 Å². The highest BCUT2D eigenvalue weighted by Gasteiger charge is 2.37. The maximum Gasteiger partial charge on any atom is 0.230 e. The Balaban J connectivity index is 1.97. The number of anilines is 1. The van der Waals surface area contributed by atoms with E-state index < -0.39 is 10.0 Å². The SMILES string of the molecule is CSc1ccccc1NC(=O)C1CN(S(C)(=O)=O)C1. The standard InChI is InChI=1S/C12H16N2O3S2/c1-18-11-6-4-3-5-10(11)13-12(15)9-7-14(8-9)19(2,16)17/h3-6,9H,7-8H2,1-2H3,(H,13,15). The summed E-state index contributed by atoms with van der Waals surface area (Å²) >= 11 is 1.56. The Hall–Kier alpha value is -1.05. The Labute approximate surface area is 117 Å². The number of thioether (sulfide) groups is 1. The Kier molecular flexibility index (Phi) is 4.17. The van der Waals surface area contributed by atoms with Crippen LogP contribution in [0.15, 0.2) is 29.2 Å². The number of nitrogens with one attached hydrogen (secondary N) is 1. The van der Waals surface area contributed by atoms with Crippen molar-refractivity contribution in [2.24, 2.45) is 5.92 Å². The maximum atomic E-state index is 12.0. The molecule has 0 unspecified atom stereocenters. The van der Waals surface area contributed by atoms with Crippen LogP contribution in [0.25, 0.3) is 0 Å². The molecule has 1 aromatic carbocycles. The molecular formula is C12H16N2O3S2. The fourth-order valence-electron chi connectivity index (χ4n) is 1.86. The maximum absolute atomic E-state index is 12.0. The summed E-state index contributed by atoms with van der Waals surface area (Å²) in [5.41, 5.74) is 0.776. The molecule has 1 aliphatic heterocycles. The van der Waals surface area contributed by atoms with E-state index in [0.717, 1.165) is 16.8 Å². The van der Waals surface area contributed by atoms with E-state index in [2.05, 4.69) is 5.32 Å². The molecule has 19 heavy (non-hydrogen) atoms. The highest BCUT2D eigenvalue weighted by atomic mass is 32.2. The van der Waals surface area contributed by atoms with Crippen LogP contribution in [-0.2, 0) is 14.8 Å². The summed E-state index contributed by atoms with van der Waals surface area (Å²) in [5, 5.41) is 2.85. The first-order valence-corrected chi connectivity index (χ1v) is 8.88.